The van der Waals surface area contributed by atoms with Crippen LogP contribution in [0.25, 0.3) is 10.1 Å². The molecule has 0 unspecified atom stereocenters. The van der Waals surface area contributed by atoms with Gasteiger partial charge in [0.15, 0.2) is 0 Å². The third kappa shape index (κ3) is 3.56. The van der Waals surface area contributed by atoms with E-state index in [-0.39, 0.29) is 5.75 Å². The Morgan fingerprint density at radius 2 is 2.05 bits per heavy atom. The Labute approximate surface area is 121 Å². The number of hydrogen-bond donors (Lipinski definition) is 2. The molecule has 7 heteroatoms. The van der Waals surface area contributed by atoms with Gasteiger partial charge in [0.05, 0.1) is 5.75 Å². The minimum atomic E-state index is -3.01. The van der Waals surface area contributed by atoms with E-state index in [9.17, 15) is 18.3 Å². The molecule has 108 valence electrons. The molecule has 20 heavy (non-hydrogen) atoms. The van der Waals surface area contributed by atoms with Crippen LogP contribution in [0.5, 0.6) is 0 Å². The van der Waals surface area contributed by atoms with Gasteiger partial charge >= 0.3 is 5.97 Å². The van der Waals surface area contributed by atoms with Crippen LogP contribution in [0.15, 0.2) is 24.3 Å². The van der Waals surface area contributed by atoms with Gasteiger partial charge in [0, 0.05) is 24.0 Å². The summed E-state index contributed by atoms with van der Waals surface area (Å²) in [7, 11) is -3.01. The molecule has 0 amide bonds. The highest BCUT2D eigenvalue weighted by atomic mass is 32.2. The number of carboxylic acids is 1. The predicted molar refractivity (Wildman–Crippen MR) is 80.2 cm³/mol. The van der Waals surface area contributed by atoms with Crippen molar-refractivity contribution >= 4 is 37.2 Å². The molecule has 2 aromatic rings. The molecule has 1 aromatic carbocycles. The lowest BCUT2D eigenvalue weighted by molar-refractivity contribution is 0.0701. The van der Waals surface area contributed by atoms with Crippen molar-refractivity contribution in [1.29, 1.82) is 0 Å². The molecule has 0 spiro atoms. The Hall–Kier alpha value is -1.44. The molecule has 0 saturated carbocycles. The number of benzene rings is 1. The van der Waals surface area contributed by atoms with Crippen molar-refractivity contribution in [3.05, 3.63) is 34.7 Å². The minimum absolute atomic E-state index is 0.0392. The molecule has 2 N–H and O–H groups in total. The van der Waals surface area contributed by atoms with Gasteiger partial charge in [0.25, 0.3) is 0 Å². The summed E-state index contributed by atoms with van der Waals surface area (Å²) >= 11 is 1.24. The van der Waals surface area contributed by atoms with Crippen molar-refractivity contribution in [2.45, 2.75) is 6.54 Å². The van der Waals surface area contributed by atoms with Gasteiger partial charge in [-0.1, -0.05) is 18.2 Å². The Bertz CT molecular complexity index is 734. The first-order chi connectivity index (χ1) is 9.38. The van der Waals surface area contributed by atoms with Gasteiger partial charge in [-0.2, -0.15) is 0 Å². The standard InChI is InChI=1S/C13H15NO4S2/c1-20(17,18)7-6-14-8-10-9-4-2-3-5-11(9)19-12(10)13(15)16/h2-5,14H,6-8H2,1H3,(H,15,16). The van der Waals surface area contributed by atoms with E-state index in [1.54, 1.807) is 0 Å². The average molecular weight is 313 g/mol. The summed E-state index contributed by atoms with van der Waals surface area (Å²) in [5.41, 5.74) is 0.714. The summed E-state index contributed by atoms with van der Waals surface area (Å²) in [5.74, 6) is -0.914. The van der Waals surface area contributed by atoms with E-state index in [2.05, 4.69) is 5.32 Å². The number of thiophene rings is 1. The zero-order chi connectivity index (χ0) is 14.8. The number of nitrogens with one attached hydrogen (secondary N) is 1. The summed E-state index contributed by atoms with van der Waals surface area (Å²) in [4.78, 5) is 11.6. The van der Waals surface area contributed by atoms with Crippen molar-refractivity contribution in [2.24, 2.45) is 0 Å². The number of hydrogen-bond acceptors (Lipinski definition) is 5. The van der Waals surface area contributed by atoms with Crippen molar-refractivity contribution in [3.8, 4) is 0 Å². The quantitative estimate of drug-likeness (QED) is 0.794. The second-order valence-corrected chi connectivity index (χ2v) is 7.83. The Morgan fingerprint density at radius 3 is 2.70 bits per heavy atom. The molecule has 0 aliphatic rings. The molecule has 1 aromatic heterocycles. The molecule has 0 radical (unpaired) electrons. The van der Waals surface area contributed by atoms with E-state index in [1.165, 1.54) is 17.6 Å². The van der Waals surface area contributed by atoms with E-state index >= 15 is 0 Å². The molecule has 0 bridgehead atoms. The lowest BCUT2D eigenvalue weighted by atomic mass is 10.1. The van der Waals surface area contributed by atoms with Gasteiger partial charge in [-0.15, -0.1) is 11.3 Å². The Balaban J connectivity index is 2.19. The van der Waals surface area contributed by atoms with Gasteiger partial charge in [0.1, 0.15) is 14.7 Å². The van der Waals surface area contributed by atoms with Gasteiger partial charge in [-0.3, -0.25) is 0 Å². The highest BCUT2D eigenvalue weighted by Crippen LogP contribution is 2.31. The van der Waals surface area contributed by atoms with E-state index in [4.69, 9.17) is 0 Å². The molecule has 1 heterocycles. The molecule has 0 fully saturated rings. The van der Waals surface area contributed by atoms with Crippen LogP contribution in [-0.2, 0) is 16.4 Å². The molecule has 2 rings (SSSR count). The fourth-order valence-electron chi connectivity index (χ4n) is 1.92. The lowest BCUT2D eigenvalue weighted by Gasteiger charge is -2.04. The summed E-state index contributed by atoms with van der Waals surface area (Å²) < 4.78 is 23.0. The number of sulfone groups is 1. The molecule has 0 aliphatic carbocycles. The SMILES string of the molecule is CS(=O)(=O)CCNCc1c(C(=O)O)sc2ccccc12. The van der Waals surface area contributed by atoms with Crippen LogP contribution < -0.4 is 5.32 Å². The van der Waals surface area contributed by atoms with Crippen LogP contribution in [0.3, 0.4) is 0 Å². The summed E-state index contributed by atoms with van der Waals surface area (Å²) in [6, 6.07) is 7.49. The van der Waals surface area contributed by atoms with Crippen LogP contribution in [0.4, 0.5) is 0 Å². The highest BCUT2D eigenvalue weighted by Gasteiger charge is 2.17. The molecular formula is C13H15NO4S2. The molecule has 5 nitrogen and oxygen atoms in total. The lowest BCUT2D eigenvalue weighted by Crippen LogP contribution is -2.22. The molecule has 0 atom stereocenters. The topological polar surface area (TPSA) is 83.5 Å². The van der Waals surface area contributed by atoms with Crippen molar-refractivity contribution in [2.75, 3.05) is 18.6 Å². The predicted octanol–water partition coefficient (Wildman–Crippen LogP) is 1.73. The fourth-order valence-corrected chi connectivity index (χ4v) is 3.49. The fraction of sp³-hybridized carbons (Fsp3) is 0.308. The van der Waals surface area contributed by atoms with Crippen molar-refractivity contribution in [1.82, 2.24) is 5.32 Å². The van der Waals surface area contributed by atoms with Gasteiger partial charge in [0.2, 0.25) is 0 Å². The largest absolute Gasteiger partial charge is 0.477 e. The Kier molecular flexibility index (Phi) is 4.42. The first kappa shape index (κ1) is 15.0. The highest BCUT2D eigenvalue weighted by molar-refractivity contribution is 7.90. The minimum Gasteiger partial charge on any atom is -0.477 e. The molecular weight excluding hydrogens is 298 g/mol. The first-order valence-electron chi connectivity index (χ1n) is 6.00. The number of aromatic carboxylic acids is 1. The summed E-state index contributed by atoms with van der Waals surface area (Å²) in [6.07, 6.45) is 1.18. The summed E-state index contributed by atoms with van der Waals surface area (Å²) in [5, 5.41) is 13.1. The number of fused-ring (bicyclic) bond motifs is 1. The van der Waals surface area contributed by atoms with Crippen LogP contribution in [0, 0.1) is 0 Å². The third-order valence-corrected chi connectivity index (χ3v) is 4.99. The second kappa shape index (κ2) is 5.90. The zero-order valence-corrected chi connectivity index (χ0v) is 12.6. The number of rotatable bonds is 6. The smallest absolute Gasteiger partial charge is 0.346 e. The van der Waals surface area contributed by atoms with E-state index < -0.39 is 15.8 Å². The monoisotopic (exact) mass is 313 g/mol. The van der Waals surface area contributed by atoms with Crippen LogP contribution in [-0.4, -0.2) is 38.0 Å². The Morgan fingerprint density at radius 1 is 1.35 bits per heavy atom. The summed E-state index contributed by atoms with van der Waals surface area (Å²) in [6.45, 7) is 0.656. The number of carbonyl (C=O) groups is 1. The van der Waals surface area contributed by atoms with Gasteiger partial charge in [-0.05, 0) is 17.0 Å². The maximum absolute atomic E-state index is 11.3. The normalized spacial score (nSPS) is 11.8. The van der Waals surface area contributed by atoms with E-state index in [0.717, 1.165) is 10.1 Å². The molecule has 0 saturated heterocycles. The van der Waals surface area contributed by atoms with Gasteiger partial charge in [-0.25, -0.2) is 13.2 Å². The number of carboxylic acid groups (broad SMARTS) is 1. The average Bonchev–Trinajstić information content (AvgIpc) is 2.72. The van der Waals surface area contributed by atoms with Gasteiger partial charge < -0.3 is 10.4 Å². The van der Waals surface area contributed by atoms with Crippen LogP contribution >= 0.6 is 11.3 Å². The first-order valence-corrected chi connectivity index (χ1v) is 8.88. The van der Waals surface area contributed by atoms with E-state index in [1.807, 2.05) is 24.3 Å². The zero-order valence-electron chi connectivity index (χ0n) is 10.9. The van der Waals surface area contributed by atoms with Crippen molar-refractivity contribution < 1.29 is 18.3 Å². The maximum Gasteiger partial charge on any atom is 0.346 e. The third-order valence-electron chi connectivity index (χ3n) is 2.84. The van der Waals surface area contributed by atoms with Crippen LogP contribution in [0.2, 0.25) is 0 Å². The maximum atomic E-state index is 11.3. The van der Waals surface area contributed by atoms with E-state index in [0.29, 0.717) is 23.5 Å². The van der Waals surface area contributed by atoms with Crippen molar-refractivity contribution in [3.63, 3.8) is 0 Å². The molecule has 0 aliphatic heterocycles. The second-order valence-electron chi connectivity index (χ2n) is 4.52. The van der Waals surface area contributed by atoms with Crippen LogP contribution in [0.1, 0.15) is 15.2 Å².